The van der Waals surface area contributed by atoms with E-state index in [4.69, 9.17) is 0 Å². The minimum Gasteiger partial charge on any atom is -0.193 e. The van der Waals surface area contributed by atoms with Gasteiger partial charge in [0.2, 0.25) is 5.69 Å². The summed E-state index contributed by atoms with van der Waals surface area (Å²) < 4.78 is 2.62. The Hall–Kier alpha value is -1.89. The topological polar surface area (TPSA) is 3.88 Å². The number of hydrogen-bond donors (Lipinski definition) is 0. The van der Waals surface area contributed by atoms with E-state index < -0.39 is 0 Å². The second-order valence-corrected chi connectivity index (χ2v) is 12.9. The Kier molecular flexibility index (Phi) is 4.22. The van der Waals surface area contributed by atoms with Gasteiger partial charge in [0.25, 0.3) is 0 Å². The van der Waals surface area contributed by atoms with Crippen molar-refractivity contribution in [3.63, 3.8) is 0 Å². The summed E-state index contributed by atoms with van der Waals surface area (Å²) in [6.07, 6.45) is 5.79. The maximum Gasteiger partial charge on any atom is 0.210 e. The Bertz CT molecular complexity index is 1160. The summed E-state index contributed by atoms with van der Waals surface area (Å²) in [5.74, 6) is 0. The largest absolute Gasteiger partial charge is 0.210 e. The van der Waals surface area contributed by atoms with Gasteiger partial charge in [-0.15, -0.1) is 0 Å². The van der Waals surface area contributed by atoms with E-state index in [-0.39, 0.29) is 27.2 Å². The molecule has 0 saturated heterocycles. The molecule has 0 amide bonds. The molecule has 3 aliphatic rings. The predicted octanol–water partition coefficient (Wildman–Crippen LogP) is 7.69. The minimum atomic E-state index is 0.0173. The maximum atomic E-state index is 2.62. The average molecular weight is 429 g/mol. The number of hydrogen-bond acceptors (Lipinski definition) is 0. The highest BCUT2D eigenvalue weighted by Gasteiger charge is 2.59. The summed E-state index contributed by atoms with van der Waals surface area (Å²) in [5, 5.41) is 0. The summed E-state index contributed by atoms with van der Waals surface area (Å²) >= 11 is 0. The molecule has 1 aromatic heterocycles. The maximum absolute atomic E-state index is 2.62. The van der Waals surface area contributed by atoms with E-state index in [1.165, 1.54) is 11.3 Å². The Morgan fingerprint density at radius 1 is 0.781 bits per heavy atom. The van der Waals surface area contributed by atoms with Crippen LogP contribution < -0.4 is 4.57 Å². The minimum absolute atomic E-state index is 0.0173. The molecule has 0 spiro atoms. The molecule has 1 nitrogen and oxygen atoms in total. The molecule has 0 saturated carbocycles. The van der Waals surface area contributed by atoms with Crippen molar-refractivity contribution in [2.45, 2.75) is 110 Å². The molecule has 32 heavy (non-hydrogen) atoms. The zero-order chi connectivity index (χ0) is 23.5. The monoisotopic (exact) mass is 428 g/mol. The fourth-order valence-corrected chi connectivity index (χ4v) is 7.48. The number of nitrogens with zero attached hydrogens (tertiary/aromatic N) is 1. The Morgan fingerprint density at radius 2 is 1.38 bits per heavy atom. The molecule has 0 bridgehead atoms. The summed E-state index contributed by atoms with van der Waals surface area (Å²) in [6.45, 7) is 24.5. The van der Waals surface area contributed by atoms with Crippen LogP contribution in [-0.4, -0.2) is 0 Å². The van der Waals surface area contributed by atoms with E-state index in [9.17, 15) is 0 Å². The van der Waals surface area contributed by atoms with Crippen LogP contribution in [0.5, 0.6) is 0 Å². The van der Waals surface area contributed by atoms with Crippen LogP contribution >= 0.6 is 0 Å². The second kappa shape index (κ2) is 6.16. The Balaban J connectivity index is 1.84. The molecular formula is C31H42N+. The normalized spacial score (nSPS) is 24.6. The average Bonchev–Trinajstić information content (AvgIpc) is 3.03. The second-order valence-electron chi connectivity index (χ2n) is 12.9. The molecule has 2 heterocycles. The molecule has 2 aromatic rings. The van der Waals surface area contributed by atoms with Crippen molar-refractivity contribution >= 4 is 11.1 Å². The van der Waals surface area contributed by atoms with Crippen LogP contribution in [0.25, 0.3) is 11.1 Å². The summed E-state index contributed by atoms with van der Waals surface area (Å²) in [6, 6.07) is 12.1. The van der Waals surface area contributed by atoms with Crippen LogP contribution in [0.2, 0.25) is 0 Å². The van der Waals surface area contributed by atoms with Gasteiger partial charge in [0.05, 0.1) is 0 Å². The van der Waals surface area contributed by atoms with Gasteiger partial charge in [-0.25, -0.2) is 0 Å². The van der Waals surface area contributed by atoms with Gasteiger partial charge in [-0.05, 0) is 50.1 Å². The molecule has 0 unspecified atom stereocenters. The molecule has 2 aliphatic carbocycles. The third-order valence-electron chi connectivity index (χ3n) is 11.0. The van der Waals surface area contributed by atoms with E-state index in [1.54, 1.807) is 27.8 Å². The van der Waals surface area contributed by atoms with Gasteiger partial charge in [0, 0.05) is 42.4 Å². The standard InChI is InChI=1S/C31H42N/c1-11-31(12-2)19-21-20-17-23-24(29(7,8)30(9,10)28(23,5)6)18-22(20)27(3,4)26(21)25-15-13-14-16-32(25)31/h13-18H,11-12,19H2,1-10H3/q+1. The quantitative estimate of drug-likeness (QED) is 0.432. The van der Waals surface area contributed by atoms with Crippen molar-refractivity contribution in [1.82, 2.24) is 0 Å². The van der Waals surface area contributed by atoms with E-state index in [0.717, 1.165) is 19.3 Å². The van der Waals surface area contributed by atoms with Crippen LogP contribution in [0, 0.1) is 5.41 Å². The number of rotatable bonds is 2. The van der Waals surface area contributed by atoms with Gasteiger partial charge in [0.15, 0.2) is 11.7 Å². The third kappa shape index (κ3) is 2.24. The van der Waals surface area contributed by atoms with Crippen molar-refractivity contribution in [2.24, 2.45) is 5.41 Å². The first-order valence-corrected chi connectivity index (χ1v) is 12.7. The van der Waals surface area contributed by atoms with Crippen LogP contribution in [0.15, 0.2) is 36.5 Å². The van der Waals surface area contributed by atoms with E-state index in [2.05, 4.69) is 110 Å². The van der Waals surface area contributed by atoms with Crippen molar-refractivity contribution in [2.75, 3.05) is 0 Å². The first-order chi connectivity index (χ1) is 14.8. The fourth-order valence-electron chi connectivity index (χ4n) is 7.48. The van der Waals surface area contributed by atoms with Crippen LogP contribution in [-0.2, 0) is 21.8 Å². The highest BCUT2D eigenvalue weighted by atomic mass is 15.1. The van der Waals surface area contributed by atoms with Crippen molar-refractivity contribution in [1.29, 1.82) is 0 Å². The lowest BCUT2D eigenvalue weighted by Crippen LogP contribution is -2.59. The zero-order valence-electron chi connectivity index (χ0n) is 22.0. The predicted molar refractivity (Wildman–Crippen MR) is 136 cm³/mol. The summed E-state index contributed by atoms with van der Waals surface area (Å²) in [5.41, 5.74) is 11.5. The highest BCUT2D eigenvalue weighted by molar-refractivity contribution is 6.01. The molecule has 1 aromatic carbocycles. The lowest BCUT2D eigenvalue weighted by atomic mass is 9.59. The smallest absolute Gasteiger partial charge is 0.193 e. The van der Waals surface area contributed by atoms with E-state index in [1.807, 2.05) is 0 Å². The lowest BCUT2D eigenvalue weighted by molar-refractivity contribution is -0.768. The van der Waals surface area contributed by atoms with Gasteiger partial charge in [-0.1, -0.05) is 81.4 Å². The summed E-state index contributed by atoms with van der Waals surface area (Å²) in [7, 11) is 0. The number of fused-ring (bicyclic) bond motifs is 5. The van der Waals surface area contributed by atoms with Gasteiger partial charge in [0.1, 0.15) is 0 Å². The molecule has 1 aliphatic heterocycles. The molecule has 5 rings (SSSR count). The number of aromatic nitrogens is 1. The number of pyridine rings is 1. The van der Waals surface area contributed by atoms with Gasteiger partial charge >= 0.3 is 0 Å². The summed E-state index contributed by atoms with van der Waals surface area (Å²) in [4.78, 5) is 0. The number of benzene rings is 1. The first kappa shape index (κ1) is 21.9. The Morgan fingerprint density at radius 3 is 1.97 bits per heavy atom. The molecule has 0 atom stereocenters. The fraction of sp³-hybridized carbons (Fsp3) is 0.581. The molecule has 0 fully saturated rings. The molecule has 170 valence electrons. The third-order valence-corrected chi connectivity index (χ3v) is 11.0. The van der Waals surface area contributed by atoms with Crippen molar-refractivity contribution in [3.05, 3.63) is 64.5 Å². The highest BCUT2D eigenvalue weighted by Crippen LogP contribution is 2.64. The van der Waals surface area contributed by atoms with Gasteiger partial charge in [-0.3, -0.25) is 0 Å². The zero-order valence-corrected chi connectivity index (χ0v) is 22.0. The van der Waals surface area contributed by atoms with Crippen molar-refractivity contribution in [3.8, 4) is 0 Å². The molecule has 0 N–H and O–H groups in total. The van der Waals surface area contributed by atoms with Crippen LogP contribution in [0.3, 0.4) is 0 Å². The molecular weight excluding hydrogens is 386 g/mol. The van der Waals surface area contributed by atoms with Crippen molar-refractivity contribution < 1.29 is 4.57 Å². The van der Waals surface area contributed by atoms with E-state index >= 15 is 0 Å². The molecule has 0 radical (unpaired) electrons. The van der Waals surface area contributed by atoms with Gasteiger partial charge in [-0.2, -0.15) is 4.57 Å². The van der Waals surface area contributed by atoms with Crippen LogP contribution in [0.1, 0.15) is 116 Å². The SMILES string of the molecule is CCC1(CC)CC2=C(c3cccc[n+]31)C(C)(C)c1cc3c(cc12)C(C)(C)C(C)(C)C3(C)C. The van der Waals surface area contributed by atoms with E-state index in [0.29, 0.717) is 0 Å². The van der Waals surface area contributed by atoms with Gasteiger partial charge < -0.3 is 0 Å². The Labute approximate surface area is 196 Å². The molecule has 1 heteroatoms. The van der Waals surface area contributed by atoms with Crippen LogP contribution in [0.4, 0.5) is 0 Å². The number of allylic oxidation sites excluding steroid dienone is 2. The first-order valence-electron chi connectivity index (χ1n) is 12.7. The lowest BCUT2D eigenvalue weighted by Gasteiger charge is -2.44.